The first-order valence-electron chi connectivity index (χ1n) is 7.23. The fourth-order valence-corrected chi connectivity index (χ4v) is 2.68. The van der Waals surface area contributed by atoms with Gasteiger partial charge in [0.2, 0.25) is 0 Å². The summed E-state index contributed by atoms with van der Waals surface area (Å²) in [6.45, 7) is 0. The van der Waals surface area contributed by atoms with Crippen molar-refractivity contribution in [3.8, 4) is 22.8 Å². The summed E-state index contributed by atoms with van der Waals surface area (Å²) in [5.41, 5.74) is 4.23. The molecule has 2 heterocycles. The average molecular weight is 321 g/mol. The first-order valence-corrected chi connectivity index (χ1v) is 7.60. The smallest absolute Gasteiger partial charge is 0.160 e. The van der Waals surface area contributed by atoms with Crippen molar-refractivity contribution >= 4 is 22.6 Å². The molecular weight excluding hydrogens is 308 g/mol. The van der Waals surface area contributed by atoms with E-state index in [1.165, 1.54) is 0 Å². The summed E-state index contributed by atoms with van der Waals surface area (Å²) in [6, 6.07) is 15.5. The van der Waals surface area contributed by atoms with Crippen LogP contribution in [0.5, 0.6) is 0 Å². The van der Waals surface area contributed by atoms with Gasteiger partial charge in [0.05, 0.1) is 11.0 Å². The van der Waals surface area contributed by atoms with Gasteiger partial charge < -0.3 is 4.57 Å². The van der Waals surface area contributed by atoms with Crippen LogP contribution in [0.25, 0.3) is 33.8 Å². The number of fused-ring (bicyclic) bond motifs is 1. The van der Waals surface area contributed by atoms with E-state index in [9.17, 15) is 0 Å². The summed E-state index contributed by atoms with van der Waals surface area (Å²) in [4.78, 5) is 14.0. The van der Waals surface area contributed by atoms with Crippen molar-refractivity contribution in [1.82, 2.24) is 19.5 Å². The van der Waals surface area contributed by atoms with Gasteiger partial charge in [-0.05, 0) is 24.3 Å². The highest BCUT2D eigenvalue weighted by Crippen LogP contribution is 2.30. The van der Waals surface area contributed by atoms with Crippen molar-refractivity contribution in [2.45, 2.75) is 0 Å². The van der Waals surface area contributed by atoms with E-state index >= 15 is 0 Å². The Morgan fingerprint density at radius 1 is 0.870 bits per heavy atom. The van der Waals surface area contributed by atoms with E-state index < -0.39 is 0 Å². The Kier molecular flexibility index (Phi) is 3.32. The molecule has 5 heteroatoms. The minimum absolute atomic E-state index is 0.695. The number of aromatic nitrogens is 4. The molecule has 0 aliphatic carbocycles. The van der Waals surface area contributed by atoms with Gasteiger partial charge in [-0.15, -0.1) is 0 Å². The fraction of sp³-hybridized carbons (Fsp3) is 0.0556. The first kappa shape index (κ1) is 13.9. The number of rotatable bonds is 2. The third-order valence-electron chi connectivity index (χ3n) is 3.72. The molecule has 0 unspecified atom stereocenters. The van der Waals surface area contributed by atoms with Crippen LogP contribution in [0.2, 0.25) is 5.02 Å². The lowest BCUT2D eigenvalue weighted by atomic mass is 10.1. The maximum absolute atomic E-state index is 6.01. The fourth-order valence-electron chi connectivity index (χ4n) is 2.56. The second-order valence-electron chi connectivity index (χ2n) is 5.28. The second kappa shape index (κ2) is 5.48. The Balaban J connectivity index is 2.04. The molecule has 0 aliphatic rings. The van der Waals surface area contributed by atoms with Crippen LogP contribution < -0.4 is 0 Å². The number of hydrogen-bond acceptors (Lipinski definition) is 3. The molecule has 0 aliphatic heterocycles. The summed E-state index contributed by atoms with van der Waals surface area (Å²) in [5.74, 6) is 0.785. The quantitative estimate of drug-likeness (QED) is 0.551. The van der Waals surface area contributed by atoms with Gasteiger partial charge in [0.1, 0.15) is 11.4 Å². The van der Waals surface area contributed by atoms with Crippen molar-refractivity contribution in [3.63, 3.8) is 0 Å². The zero-order valence-electron chi connectivity index (χ0n) is 12.4. The number of nitrogens with zero attached hydrogens (tertiary/aromatic N) is 4. The molecule has 4 rings (SSSR count). The maximum Gasteiger partial charge on any atom is 0.160 e. The molecule has 2 aromatic carbocycles. The van der Waals surface area contributed by atoms with Gasteiger partial charge in [-0.25, -0.2) is 15.0 Å². The largest absolute Gasteiger partial charge is 0.333 e. The van der Waals surface area contributed by atoms with E-state index in [1.807, 2.05) is 66.3 Å². The number of hydrogen-bond donors (Lipinski definition) is 0. The molecule has 4 nitrogen and oxygen atoms in total. The molecule has 0 atom stereocenters. The van der Waals surface area contributed by atoms with Gasteiger partial charge in [0, 0.05) is 30.0 Å². The van der Waals surface area contributed by atoms with Crippen LogP contribution in [0.1, 0.15) is 0 Å². The molecule has 0 fully saturated rings. The summed E-state index contributed by atoms with van der Waals surface area (Å²) in [6.07, 6.45) is 3.66. The summed E-state index contributed by atoms with van der Waals surface area (Å²) >= 11 is 6.01. The highest BCUT2D eigenvalue weighted by Gasteiger charge is 2.16. The van der Waals surface area contributed by atoms with Crippen LogP contribution in [0.15, 0.2) is 60.9 Å². The van der Waals surface area contributed by atoms with E-state index in [1.54, 1.807) is 6.20 Å². The molecule has 0 saturated carbocycles. The monoisotopic (exact) mass is 320 g/mol. The minimum atomic E-state index is 0.695. The van der Waals surface area contributed by atoms with Gasteiger partial charge in [0.15, 0.2) is 5.82 Å². The van der Waals surface area contributed by atoms with E-state index in [0.717, 1.165) is 33.8 Å². The Morgan fingerprint density at radius 3 is 2.13 bits per heavy atom. The topological polar surface area (TPSA) is 43.6 Å². The Labute approximate surface area is 138 Å². The van der Waals surface area contributed by atoms with Crippen LogP contribution in [0.4, 0.5) is 0 Å². The van der Waals surface area contributed by atoms with Crippen molar-refractivity contribution in [1.29, 1.82) is 0 Å². The highest BCUT2D eigenvalue weighted by atomic mass is 35.5. The molecule has 0 N–H and O–H groups in total. The predicted octanol–water partition coefficient (Wildman–Crippen LogP) is 4.35. The molecular formula is C18H13ClN4. The second-order valence-corrected chi connectivity index (χ2v) is 5.71. The van der Waals surface area contributed by atoms with Crippen LogP contribution in [0, 0.1) is 0 Å². The third kappa shape index (κ3) is 2.47. The molecule has 0 bridgehead atoms. The third-order valence-corrected chi connectivity index (χ3v) is 3.97. The normalized spacial score (nSPS) is 11.0. The number of halogens is 1. The lowest BCUT2D eigenvalue weighted by molar-refractivity contribution is 0.918. The standard InChI is InChI=1S/C18H13ClN4/c1-23-11-10-20-18(23)17-16(12-6-8-13(19)9-7-12)21-14-4-2-3-5-15(14)22-17/h2-11H,1H3. The Bertz CT molecular complexity index is 990. The lowest BCUT2D eigenvalue weighted by Crippen LogP contribution is -2.00. The highest BCUT2D eigenvalue weighted by molar-refractivity contribution is 6.30. The van der Waals surface area contributed by atoms with Crippen molar-refractivity contribution in [3.05, 3.63) is 65.9 Å². The lowest BCUT2D eigenvalue weighted by Gasteiger charge is -2.10. The molecule has 23 heavy (non-hydrogen) atoms. The van der Waals surface area contributed by atoms with E-state index in [0.29, 0.717) is 5.02 Å². The molecule has 0 radical (unpaired) electrons. The molecule has 0 saturated heterocycles. The van der Waals surface area contributed by atoms with Gasteiger partial charge in [0.25, 0.3) is 0 Å². The van der Waals surface area contributed by atoms with E-state index in [-0.39, 0.29) is 0 Å². The van der Waals surface area contributed by atoms with Gasteiger partial charge in [-0.1, -0.05) is 35.9 Å². The number of imidazole rings is 1. The molecule has 112 valence electrons. The van der Waals surface area contributed by atoms with Gasteiger partial charge >= 0.3 is 0 Å². The van der Waals surface area contributed by atoms with Crippen LogP contribution in [0.3, 0.4) is 0 Å². The Morgan fingerprint density at radius 2 is 1.52 bits per heavy atom. The summed E-state index contributed by atoms with van der Waals surface area (Å²) in [7, 11) is 1.95. The van der Waals surface area contributed by atoms with Crippen LogP contribution in [-0.4, -0.2) is 19.5 Å². The van der Waals surface area contributed by atoms with Gasteiger partial charge in [-0.2, -0.15) is 0 Å². The average Bonchev–Trinajstić information content (AvgIpc) is 3.00. The number of para-hydroxylation sites is 2. The zero-order valence-corrected chi connectivity index (χ0v) is 13.2. The van der Waals surface area contributed by atoms with Crippen molar-refractivity contribution in [2.75, 3.05) is 0 Å². The predicted molar refractivity (Wildman–Crippen MR) is 92.2 cm³/mol. The van der Waals surface area contributed by atoms with Crippen LogP contribution >= 0.6 is 11.6 Å². The summed E-state index contributed by atoms with van der Waals surface area (Å²) in [5, 5.41) is 0.695. The van der Waals surface area contributed by atoms with Crippen molar-refractivity contribution in [2.24, 2.45) is 7.05 Å². The minimum Gasteiger partial charge on any atom is -0.333 e. The SMILES string of the molecule is Cn1ccnc1-c1nc2ccccc2nc1-c1ccc(Cl)cc1. The maximum atomic E-state index is 6.01. The van der Waals surface area contributed by atoms with E-state index in [4.69, 9.17) is 21.6 Å². The zero-order chi connectivity index (χ0) is 15.8. The summed E-state index contributed by atoms with van der Waals surface area (Å²) < 4.78 is 1.94. The van der Waals surface area contributed by atoms with E-state index in [2.05, 4.69) is 4.98 Å². The first-order chi connectivity index (χ1) is 11.2. The van der Waals surface area contributed by atoms with Gasteiger partial charge in [-0.3, -0.25) is 0 Å². The number of aryl methyl sites for hydroxylation is 1. The molecule has 2 aromatic heterocycles. The molecule has 0 amide bonds. The van der Waals surface area contributed by atoms with Crippen LogP contribution in [-0.2, 0) is 7.05 Å². The van der Waals surface area contributed by atoms with Crippen molar-refractivity contribution < 1.29 is 0 Å². The number of benzene rings is 2. The molecule has 4 aromatic rings. The Hall–Kier alpha value is -2.72. The molecule has 0 spiro atoms.